The first kappa shape index (κ1) is 18.8. The van der Waals surface area contributed by atoms with Gasteiger partial charge in [-0.3, -0.25) is 4.79 Å². The van der Waals surface area contributed by atoms with Crippen LogP contribution in [0.3, 0.4) is 0 Å². The molecule has 7 heteroatoms. The lowest BCUT2D eigenvalue weighted by Gasteiger charge is -2.18. The van der Waals surface area contributed by atoms with Gasteiger partial charge in [-0.25, -0.2) is 0 Å². The Labute approximate surface area is 147 Å². The molecule has 1 atom stereocenters. The zero-order valence-electron chi connectivity index (χ0n) is 15.2. The molecular weight excluding hydrogens is 322 g/mol. The molecule has 0 fully saturated rings. The van der Waals surface area contributed by atoms with Crippen LogP contribution < -0.4 is 14.8 Å². The molecule has 0 saturated carbocycles. The summed E-state index contributed by atoms with van der Waals surface area (Å²) in [7, 11) is 3.20. The molecule has 0 radical (unpaired) electrons. The predicted octanol–water partition coefficient (Wildman–Crippen LogP) is 2.85. The molecule has 7 nitrogen and oxygen atoms in total. The van der Waals surface area contributed by atoms with Crippen LogP contribution >= 0.6 is 0 Å². The van der Waals surface area contributed by atoms with E-state index in [-0.39, 0.29) is 18.4 Å². The van der Waals surface area contributed by atoms with Gasteiger partial charge in [0.15, 0.2) is 5.82 Å². The van der Waals surface area contributed by atoms with E-state index < -0.39 is 0 Å². The third-order valence-corrected chi connectivity index (χ3v) is 3.83. The molecule has 0 bridgehead atoms. The summed E-state index contributed by atoms with van der Waals surface area (Å²) in [6.45, 7) is 3.96. The highest BCUT2D eigenvalue weighted by molar-refractivity contribution is 5.76. The number of aryl methyl sites for hydroxylation is 2. The number of methoxy groups -OCH3 is 2. The Morgan fingerprint density at radius 1 is 1.28 bits per heavy atom. The van der Waals surface area contributed by atoms with Crippen LogP contribution in [0.1, 0.15) is 50.0 Å². The van der Waals surface area contributed by atoms with Crippen molar-refractivity contribution in [3.05, 3.63) is 35.5 Å². The van der Waals surface area contributed by atoms with Crippen molar-refractivity contribution in [1.82, 2.24) is 15.5 Å². The Bertz CT molecular complexity index is 699. The average molecular weight is 347 g/mol. The molecule has 0 aliphatic carbocycles. The Balaban J connectivity index is 1.93. The molecule has 0 aliphatic rings. The summed E-state index contributed by atoms with van der Waals surface area (Å²) in [5.74, 6) is 2.51. The Morgan fingerprint density at radius 2 is 2.08 bits per heavy atom. The summed E-state index contributed by atoms with van der Waals surface area (Å²) in [5, 5.41) is 6.85. The minimum Gasteiger partial charge on any atom is -0.497 e. The number of carbonyl (C=O) groups excluding carboxylic acids is 1. The molecule has 1 aromatic carbocycles. The summed E-state index contributed by atoms with van der Waals surface area (Å²) in [4.78, 5) is 16.5. The molecule has 2 aromatic rings. The number of aromatic nitrogens is 2. The first-order valence-corrected chi connectivity index (χ1v) is 8.40. The molecule has 0 spiro atoms. The van der Waals surface area contributed by atoms with E-state index in [1.807, 2.05) is 25.1 Å². The largest absolute Gasteiger partial charge is 0.497 e. The smallest absolute Gasteiger partial charge is 0.227 e. The van der Waals surface area contributed by atoms with E-state index >= 15 is 0 Å². The van der Waals surface area contributed by atoms with Crippen LogP contribution in [-0.2, 0) is 17.6 Å². The maximum Gasteiger partial charge on any atom is 0.227 e. The lowest BCUT2D eigenvalue weighted by Crippen LogP contribution is -2.27. The summed E-state index contributed by atoms with van der Waals surface area (Å²) in [6.07, 6.45) is 2.44. The van der Waals surface area contributed by atoms with Crippen LogP contribution in [0.2, 0.25) is 0 Å². The van der Waals surface area contributed by atoms with Gasteiger partial charge in [0.2, 0.25) is 11.8 Å². The summed E-state index contributed by atoms with van der Waals surface area (Å²) < 4.78 is 15.7. The Kier molecular flexibility index (Phi) is 6.80. The molecule has 2 rings (SSSR count). The number of carbonyl (C=O) groups is 1. The molecule has 1 N–H and O–H groups in total. The second-order valence-electron chi connectivity index (χ2n) is 5.75. The highest BCUT2D eigenvalue weighted by Crippen LogP contribution is 2.29. The molecule has 0 aliphatic heterocycles. The van der Waals surface area contributed by atoms with Gasteiger partial charge in [0.05, 0.1) is 20.3 Å². The van der Waals surface area contributed by atoms with E-state index in [0.717, 1.165) is 18.4 Å². The molecule has 1 heterocycles. The second kappa shape index (κ2) is 9.05. The van der Waals surface area contributed by atoms with Crippen molar-refractivity contribution in [2.75, 3.05) is 14.2 Å². The van der Waals surface area contributed by atoms with Crippen molar-refractivity contribution in [3.63, 3.8) is 0 Å². The lowest BCUT2D eigenvalue weighted by molar-refractivity contribution is -0.121. The van der Waals surface area contributed by atoms with E-state index in [9.17, 15) is 4.79 Å². The Morgan fingerprint density at radius 3 is 2.76 bits per heavy atom. The number of hydrogen-bond donors (Lipinski definition) is 1. The molecule has 25 heavy (non-hydrogen) atoms. The monoisotopic (exact) mass is 347 g/mol. The van der Waals surface area contributed by atoms with Gasteiger partial charge in [0.25, 0.3) is 0 Å². The van der Waals surface area contributed by atoms with Crippen LogP contribution in [0.25, 0.3) is 0 Å². The van der Waals surface area contributed by atoms with E-state index in [0.29, 0.717) is 29.6 Å². The first-order valence-electron chi connectivity index (χ1n) is 8.40. The van der Waals surface area contributed by atoms with Crippen LogP contribution in [0.5, 0.6) is 11.5 Å². The maximum atomic E-state index is 12.2. The molecule has 1 aromatic heterocycles. The second-order valence-corrected chi connectivity index (χ2v) is 5.75. The number of nitrogens with zero attached hydrogens (tertiary/aromatic N) is 2. The van der Waals surface area contributed by atoms with Gasteiger partial charge >= 0.3 is 0 Å². The predicted molar refractivity (Wildman–Crippen MR) is 92.7 cm³/mol. The third-order valence-electron chi connectivity index (χ3n) is 3.83. The van der Waals surface area contributed by atoms with Gasteiger partial charge in [-0.2, -0.15) is 4.98 Å². The molecule has 1 amide bonds. The fraction of sp³-hybridized carbons (Fsp3) is 0.500. The summed E-state index contributed by atoms with van der Waals surface area (Å²) in [5.41, 5.74) is 0.859. The van der Waals surface area contributed by atoms with Crippen molar-refractivity contribution in [1.29, 1.82) is 0 Å². The van der Waals surface area contributed by atoms with Crippen LogP contribution in [0, 0.1) is 0 Å². The van der Waals surface area contributed by atoms with Crippen molar-refractivity contribution >= 4 is 5.91 Å². The minimum atomic E-state index is -0.212. The molecule has 0 saturated heterocycles. The normalized spacial score (nSPS) is 11.8. The highest BCUT2D eigenvalue weighted by atomic mass is 16.5. The molecule has 136 valence electrons. The number of amides is 1. The molecule has 1 unspecified atom stereocenters. The Hall–Kier alpha value is -2.57. The van der Waals surface area contributed by atoms with Crippen molar-refractivity contribution in [3.8, 4) is 11.5 Å². The zero-order valence-corrected chi connectivity index (χ0v) is 15.2. The van der Waals surface area contributed by atoms with Crippen LogP contribution in [0.4, 0.5) is 0 Å². The van der Waals surface area contributed by atoms with Gasteiger partial charge < -0.3 is 19.3 Å². The zero-order chi connectivity index (χ0) is 18.2. The number of ether oxygens (including phenoxy) is 2. The van der Waals surface area contributed by atoms with Gasteiger partial charge in [-0.15, -0.1) is 0 Å². The van der Waals surface area contributed by atoms with Gasteiger partial charge in [0.1, 0.15) is 11.5 Å². The molecular formula is C18H25N3O4. The number of rotatable bonds is 9. The van der Waals surface area contributed by atoms with Crippen molar-refractivity contribution in [2.24, 2.45) is 0 Å². The van der Waals surface area contributed by atoms with Crippen LogP contribution in [0.15, 0.2) is 22.7 Å². The van der Waals surface area contributed by atoms with Gasteiger partial charge in [0, 0.05) is 24.8 Å². The van der Waals surface area contributed by atoms with E-state index in [2.05, 4.69) is 22.4 Å². The lowest BCUT2D eigenvalue weighted by atomic mass is 10.1. The SMILES string of the molecule is CCCc1noc(CCC(=O)NC(C)c2cc(OC)ccc2OC)n1. The fourth-order valence-corrected chi connectivity index (χ4v) is 2.51. The first-order chi connectivity index (χ1) is 12.1. The summed E-state index contributed by atoms with van der Waals surface area (Å²) >= 11 is 0. The average Bonchev–Trinajstić information content (AvgIpc) is 3.07. The third kappa shape index (κ3) is 5.20. The number of nitrogens with one attached hydrogen (secondary N) is 1. The van der Waals surface area contributed by atoms with Gasteiger partial charge in [-0.1, -0.05) is 12.1 Å². The number of hydrogen-bond acceptors (Lipinski definition) is 6. The van der Waals surface area contributed by atoms with E-state index in [4.69, 9.17) is 14.0 Å². The van der Waals surface area contributed by atoms with Crippen molar-refractivity contribution in [2.45, 2.75) is 45.6 Å². The maximum absolute atomic E-state index is 12.2. The summed E-state index contributed by atoms with van der Waals surface area (Å²) in [6, 6.07) is 5.29. The number of benzene rings is 1. The minimum absolute atomic E-state index is 0.0902. The fourth-order valence-electron chi connectivity index (χ4n) is 2.51. The quantitative estimate of drug-likeness (QED) is 0.750. The van der Waals surface area contributed by atoms with Crippen molar-refractivity contribution < 1.29 is 18.8 Å². The van der Waals surface area contributed by atoms with Crippen LogP contribution in [-0.4, -0.2) is 30.3 Å². The topological polar surface area (TPSA) is 86.5 Å². The standard InChI is InChI=1S/C18H25N3O4/c1-5-6-16-20-18(25-21-16)10-9-17(22)19-12(2)14-11-13(23-3)7-8-15(14)24-4/h7-8,11-12H,5-6,9-10H2,1-4H3,(H,19,22). The van der Waals surface area contributed by atoms with E-state index in [1.165, 1.54) is 0 Å². The van der Waals surface area contributed by atoms with E-state index in [1.54, 1.807) is 14.2 Å². The highest BCUT2D eigenvalue weighted by Gasteiger charge is 2.16. The van der Waals surface area contributed by atoms with Gasteiger partial charge in [-0.05, 0) is 31.5 Å².